The lowest BCUT2D eigenvalue weighted by molar-refractivity contribution is -0.134. The molecule has 1 N–H and O–H groups in total. The highest BCUT2D eigenvalue weighted by Gasteiger charge is 2.34. The average Bonchev–Trinajstić information content (AvgIpc) is 3.32. The first-order valence-corrected chi connectivity index (χ1v) is 11.5. The van der Waals surface area contributed by atoms with Crippen molar-refractivity contribution in [1.82, 2.24) is 19.2 Å². The third-order valence-corrected chi connectivity index (χ3v) is 7.37. The third-order valence-electron chi connectivity index (χ3n) is 6.12. The predicted octanol–water partition coefficient (Wildman–Crippen LogP) is 0.594. The Morgan fingerprint density at radius 3 is 2.63 bits per heavy atom. The van der Waals surface area contributed by atoms with Crippen LogP contribution in [0.5, 0.6) is 0 Å². The zero-order valence-corrected chi connectivity index (χ0v) is 16.4. The third kappa shape index (κ3) is 3.67. The molecule has 2 fully saturated rings. The van der Waals surface area contributed by atoms with Gasteiger partial charge in [-0.2, -0.15) is 4.31 Å². The molecule has 8 nitrogen and oxygen atoms in total. The Morgan fingerprint density at radius 2 is 1.93 bits per heavy atom. The fourth-order valence-electron chi connectivity index (χ4n) is 4.53. The van der Waals surface area contributed by atoms with E-state index in [9.17, 15) is 18.0 Å². The number of likely N-dealkylation sites (tertiary alicyclic amines) is 1. The number of aromatic amines is 1. The van der Waals surface area contributed by atoms with Gasteiger partial charge in [-0.1, -0.05) is 12.8 Å². The number of fused-ring (bicyclic) bond motifs is 1. The maximum atomic E-state index is 12.6. The van der Waals surface area contributed by atoms with Crippen LogP contribution in [0.15, 0.2) is 4.79 Å². The van der Waals surface area contributed by atoms with Gasteiger partial charge in [0, 0.05) is 37.0 Å². The molecule has 1 atom stereocenters. The number of aromatic nitrogens is 2. The van der Waals surface area contributed by atoms with Crippen molar-refractivity contribution >= 4 is 15.9 Å². The van der Waals surface area contributed by atoms with Gasteiger partial charge in [0.1, 0.15) is 5.82 Å². The Bertz CT molecular complexity index is 904. The standard InChI is InChI=1S/C18H26N4O4S/c1-27(25,26)22-9-7-14-15(11-22)19-16(20-17(14)23)13-6-8-21(10-13)18(24)12-4-2-3-5-12/h12-13H,2-11H2,1H3,(H,19,20,23)/t13-/m0/s1. The summed E-state index contributed by atoms with van der Waals surface area (Å²) in [6.45, 7) is 1.72. The highest BCUT2D eigenvalue weighted by molar-refractivity contribution is 7.88. The van der Waals surface area contributed by atoms with Gasteiger partial charge in [-0.05, 0) is 25.7 Å². The van der Waals surface area contributed by atoms with Crippen molar-refractivity contribution in [2.45, 2.75) is 51.0 Å². The lowest BCUT2D eigenvalue weighted by Gasteiger charge is -2.26. The lowest BCUT2D eigenvalue weighted by atomic mass is 10.0. The van der Waals surface area contributed by atoms with Crippen LogP contribution in [0, 0.1) is 5.92 Å². The van der Waals surface area contributed by atoms with Crippen LogP contribution in [0.3, 0.4) is 0 Å². The quantitative estimate of drug-likeness (QED) is 0.808. The molecule has 3 aliphatic rings. The normalized spacial score (nSPS) is 24.3. The fraction of sp³-hybridized carbons (Fsp3) is 0.722. The Labute approximate surface area is 159 Å². The first-order valence-electron chi connectivity index (χ1n) is 9.69. The number of hydrogen-bond acceptors (Lipinski definition) is 5. The van der Waals surface area contributed by atoms with Crippen molar-refractivity contribution in [2.24, 2.45) is 5.92 Å². The highest BCUT2D eigenvalue weighted by Crippen LogP contribution is 2.31. The topological polar surface area (TPSA) is 103 Å². The van der Waals surface area contributed by atoms with Gasteiger partial charge in [0.05, 0.1) is 18.5 Å². The summed E-state index contributed by atoms with van der Waals surface area (Å²) in [7, 11) is -3.31. The van der Waals surface area contributed by atoms with Gasteiger partial charge in [-0.3, -0.25) is 9.59 Å². The van der Waals surface area contributed by atoms with Gasteiger partial charge in [0.2, 0.25) is 15.9 Å². The molecular weight excluding hydrogens is 368 g/mol. The van der Waals surface area contributed by atoms with Crippen molar-refractivity contribution in [3.63, 3.8) is 0 Å². The van der Waals surface area contributed by atoms with Gasteiger partial charge >= 0.3 is 0 Å². The smallest absolute Gasteiger partial charge is 0.254 e. The molecule has 3 heterocycles. The second-order valence-electron chi connectivity index (χ2n) is 7.97. The number of carbonyl (C=O) groups excluding carboxylic acids is 1. The summed E-state index contributed by atoms with van der Waals surface area (Å²) in [5.41, 5.74) is 0.949. The Hall–Kier alpha value is -1.74. The van der Waals surface area contributed by atoms with E-state index < -0.39 is 10.0 Å². The summed E-state index contributed by atoms with van der Waals surface area (Å²) in [6, 6.07) is 0. The van der Waals surface area contributed by atoms with Crippen molar-refractivity contribution in [3.8, 4) is 0 Å². The molecule has 0 radical (unpaired) electrons. The summed E-state index contributed by atoms with van der Waals surface area (Å²) in [5, 5.41) is 0. The van der Waals surface area contributed by atoms with E-state index in [4.69, 9.17) is 0 Å². The van der Waals surface area contributed by atoms with E-state index in [-0.39, 0.29) is 29.8 Å². The maximum absolute atomic E-state index is 12.6. The van der Waals surface area contributed by atoms with E-state index >= 15 is 0 Å². The van der Waals surface area contributed by atoms with Crippen LogP contribution in [-0.4, -0.2) is 59.4 Å². The summed E-state index contributed by atoms with van der Waals surface area (Å²) in [6.07, 6.45) is 6.55. The molecule has 148 valence electrons. The minimum absolute atomic E-state index is 0.00182. The van der Waals surface area contributed by atoms with Crippen LogP contribution in [0.2, 0.25) is 0 Å². The number of sulfonamides is 1. The van der Waals surface area contributed by atoms with Crippen LogP contribution >= 0.6 is 0 Å². The second kappa shape index (κ2) is 7.01. The number of amides is 1. The second-order valence-corrected chi connectivity index (χ2v) is 9.96. The molecule has 4 rings (SSSR count). The minimum atomic E-state index is -3.31. The lowest BCUT2D eigenvalue weighted by Crippen LogP contribution is -2.39. The number of hydrogen-bond donors (Lipinski definition) is 1. The monoisotopic (exact) mass is 394 g/mol. The Balaban J connectivity index is 1.53. The average molecular weight is 394 g/mol. The summed E-state index contributed by atoms with van der Waals surface area (Å²) >= 11 is 0. The highest BCUT2D eigenvalue weighted by atomic mass is 32.2. The molecule has 1 aromatic rings. The molecule has 27 heavy (non-hydrogen) atoms. The van der Waals surface area contributed by atoms with Crippen LogP contribution < -0.4 is 5.56 Å². The molecule has 1 amide bonds. The summed E-state index contributed by atoms with van der Waals surface area (Å²) < 4.78 is 25.0. The van der Waals surface area contributed by atoms with E-state index in [0.717, 1.165) is 32.1 Å². The van der Waals surface area contributed by atoms with Crippen LogP contribution in [0.25, 0.3) is 0 Å². The molecule has 1 aliphatic carbocycles. The largest absolute Gasteiger partial charge is 0.342 e. The molecule has 1 aromatic heterocycles. The molecule has 0 bridgehead atoms. The molecule has 2 aliphatic heterocycles. The Morgan fingerprint density at radius 1 is 1.19 bits per heavy atom. The maximum Gasteiger partial charge on any atom is 0.254 e. The molecule has 0 spiro atoms. The molecule has 0 unspecified atom stereocenters. The van der Waals surface area contributed by atoms with E-state index in [1.807, 2.05) is 4.90 Å². The zero-order valence-electron chi connectivity index (χ0n) is 15.6. The number of H-pyrrole nitrogens is 1. The van der Waals surface area contributed by atoms with Crippen molar-refractivity contribution in [2.75, 3.05) is 25.9 Å². The van der Waals surface area contributed by atoms with Gasteiger partial charge < -0.3 is 9.88 Å². The summed E-state index contributed by atoms with van der Waals surface area (Å²) in [5.74, 6) is 0.971. The van der Waals surface area contributed by atoms with Gasteiger partial charge in [0.15, 0.2) is 0 Å². The number of carbonyl (C=O) groups is 1. The first kappa shape index (κ1) is 18.6. The molecular formula is C18H26N4O4S. The van der Waals surface area contributed by atoms with E-state index in [1.165, 1.54) is 10.6 Å². The molecule has 1 saturated carbocycles. The minimum Gasteiger partial charge on any atom is -0.342 e. The van der Waals surface area contributed by atoms with Crippen LogP contribution in [-0.2, 0) is 27.8 Å². The van der Waals surface area contributed by atoms with Gasteiger partial charge in [0.25, 0.3) is 5.56 Å². The molecule has 0 aromatic carbocycles. The number of nitrogens with one attached hydrogen (secondary N) is 1. The van der Waals surface area contributed by atoms with Gasteiger partial charge in [-0.25, -0.2) is 13.4 Å². The predicted molar refractivity (Wildman–Crippen MR) is 99.7 cm³/mol. The van der Waals surface area contributed by atoms with Crippen molar-refractivity contribution in [1.29, 1.82) is 0 Å². The molecule has 9 heteroatoms. The summed E-state index contributed by atoms with van der Waals surface area (Å²) in [4.78, 5) is 34.5. The van der Waals surface area contributed by atoms with Gasteiger partial charge in [-0.15, -0.1) is 0 Å². The number of rotatable bonds is 3. The first-order chi connectivity index (χ1) is 12.8. The van der Waals surface area contributed by atoms with Crippen LogP contribution in [0.4, 0.5) is 0 Å². The van der Waals surface area contributed by atoms with Crippen LogP contribution in [0.1, 0.15) is 55.1 Å². The van der Waals surface area contributed by atoms with E-state index in [2.05, 4.69) is 9.97 Å². The van der Waals surface area contributed by atoms with Crippen molar-refractivity contribution < 1.29 is 13.2 Å². The van der Waals surface area contributed by atoms with E-state index in [0.29, 0.717) is 43.1 Å². The fourth-order valence-corrected chi connectivity index (χ4v) is 5.31. The van der Waals surface area contributed by atoms with Crippen molar-refractivity contribution in [3.05, 3.63) is 27.4 Å². The SMILES string of the molecule is CS(=O)(=O)N1CCc2c(nc([C@H]3CCN(C(=O)C4CCCC4)C3)[nH]c2=O)C1. The zero-order chi connectivity index (χ0) is 19.2. The van der Waals surface area contributed by atoms with E-state index in [1.54, 1.807) is 0 Å². The number of nitrogens with zero attached hydrogens (tertiary/aromatic N) is 3. The molecule has 1 saturated heterocycles. The Kier molecular flexibility index (Phi) is 4.84.